The topological polar surface area (TPSA) is 48.0 Å². The molecule has 0 spiro atoms. The summed E-state index contributed by atoms with van der Waals surface area (Å²) in [5.74, 6) is 0.342. The highest BCUT2D eigenvalue weighted by atomic mass is 35.5. The highest BCUT2D eigenvalue weighted by Gasteiger charge is 2.14. The van der Waals surface area contributed by atoms with Gasteiger partial charge in [-0.1, -0.05) is 28.9 Å². The summed E-state index contributed by atoms with van der Waals surface area (Å²) in [6.45, 7) is 3.93. The molecule has 4 nitrogen and oxygen atoms in total. The van der Waals surface area contributed by atoms with Crippen molar-refractivity contribution in [1.82, 2.24) is 9.72 Å². The summed E-state index contributed by atoms with van der Waals surface area (Å²) in [6, 6.07) is 7.61. The number of hydrogen-bond donors (Lipinski definition) is 0. The van der Waals surface area contributed by atoms with Gasteiger partial charge in [0.25, 0.3) is 5.56 Å². The molecule has 6 heteroatoms. The van der Waals surface area contributed by atoms with Crippen molar-refractivity contribution in [2.75, 3.05) is 0 Å². The van der Waals surface area contributed by atoms with E-state index in [0.29, 0.717) is 12.3 Å². The maximum absolute atomic E-state index is 13.0. The Morgan fingerprint density at radius 2 is 1.96 bits per heavy atom. The van der Waals surface area contributed by atoms with Crippen molar-refractivity contribution >= 4 is 11.6 Å². The van der Waals surface area contributed by atoms with Crippen LogP contribution in [-0.2, 0) is 6.54 Å². The van der Waals surface area contributed by atoms with Crippen LogP contribution in [0.25, 0.3) is 11.1 Å². The molecule has 0 N–H and O–H groups in total. The Labute approximate surface area is 137 Å². The van der Waals surface area contributed by atoms with E-state index in [1.807, 2.05) is 6.92 Å². The van der Waals surface area contributed by atoms with Gasteiger partial charge in [0.2, 0.25) is 0 Å². The van der Waals surface area contributed by atoms with Crippen LogP contribution in [0.3, 0.4) is 0 Å². The molecule has 0 aliphatic carbocycles. The molecule has 0 aliphatic rings. The smallest absolute Gasteiger partial charge is 0.269 e. The maximum Gasteiger partial charge on any atom is 0.269 e. The monoisotopic (exact) mass is 332 g/mol. The van der Waals surface area contributed by atoms with Crippen molar-refractivity contribution < 1.29 is 8.91 Å². The highest BCUT2D eigenvalue weighted by molar-refractivity contribution is 6.30. The van der Waals surface area contributed by atoms with Crippen molar-refractivity contribution in [2.45, 2.75) is 20.4 Å². The number of benzene rings is 1. The molecule has 0 atom stereocenters. The van der Waals surface area contributed by atoms with Crippen LogP contribution in [0.2, 0.25) is 5.02 Å². The first-order valence-corrected chi connectivity index (χ1v) is 7.41. The molecule has 0 saturated heterocycles. The van der Waals surface area contributed by atoms with Crippen molar-refractivity contribution in [3.05, 3.63) is 74.7 Å². The number of halogens is 2. The van der Waals surface area contributed by atoms with Gasteiger partial charge in [-0.05, 0) is 37.6 Å². The van der Waals surface area contributed by atoms with Crippen molar-refractivity contribution in [3.8, 4) is 11.1 Å². The third-order valence-electron chi connectivity index (χ3n) is 3.63. The van der Waals surface area contributed by atoms with Gasteiger partial charge in [0.1, 0.15) is 16.6 Å². The maximum atomic E-state index is 13.0. The van der Waals surface area contributed by atoms with Crippen molar-refractivity contribution in [2.24, 2.45) is 0 Å². The Balaban J connectivity index is 2.07. The fourth-order valence-electron chi connectivity index (χ4n) is 2.54. The molecule has 23 heavy (non-hydrogen) atoms. The van der Waals surface area contributed by atoms with Gasteiger partial charge in [0, 0.05) is 17.3 Å². The standard InChI is InChI=1S/C17H14ClFN2O2/c1-10-16(11(2)23-20-10)13-7-15(18)17(22)21(9-13)8-12-3-5-14(19)6-4-12/h3-7,9H,8H2,1-2H3. The van der Waals surface area contributed by atoms with Crippen LogP contribution >= 0.6 is 11.6 Å². The zero-order chi connectivity index (χ0) is 16.6. The first-order valence-electron chi connectivity index (χ1n) is 7.03. The van der Waals surface area contributed by atoms with Gasteiger partial charge in [0.05, 0.1) is 12.2 Å². The van der Waals surface area contributed by atoms with E-state index in [2.05, 4.69) is 5.16 Å². The zero-order valence-corrected chi connectivity index (χ0v) is 13.4. The summed E-state index contributed by atoms with van der Waals surface area (Å²) >= 11 is 6.09. The average Bonchev–Trinajstić information content (AvgIpc) is 2.85. The lowest BCUT2D eigenvalue weighted by Gasteiger charge is -2.10. The van der Waals surface area contributed by atoms with Gasteiger partial charge in [-0.25, -0.2) is 4.39 Å². The molecule has 0 radical (unpaired) electrons. The van der Waals surface area contributed by atoms with Crippen LogP contribution in [-0.4, -0.2) is 9.72 Å². The SMILES string of the molecule is Cc1noc(C)c1-c1cc(Cl)c(=O)n(Cc2ccc(F)cc2)c1. The molecule has 2 aromatic heterocycles. The largest absolute Gasteiger partial charge is 0.361 e. The van der Waals surface area contributed by atoms with E-state index in [4.69, 9.17) is 16.1 Å². The predicted octanol–water partition coefficient (Wildman–Crippen LogP) is 3.96. The van der Waals surface area contributed by atoms with E-state index in [-0.39, 0.29) is 16.4 Å². The molecule has 3 rings (SSSR count). The Hall–Kier alpha value is -2.40. The van der Waals surface area contributed by atoms with Crippen LogP contribution in [0.15, 0.2) is 45.8 Å². The lowest BCUT2D eigenvalue weighted by atomic mass is 10.1. The number of hydrogen-bond acceptors (Lipinski definition) is 3. The average molecular weight is 333 g/mol. The van der Waals surface area contributed by atoms with Crippen LogP contribution < -0.4 is 5.56 Å². The number of pyridine rings is 1. The molecule has 118 valence electrons. The minimum atomic E-state index is -0.316. The molecule has 0 aliphatic heterocycles. The molecular weight excluding hydrogens is 319 g/mol. The van der Waals surface area contributed by atoms with Crippen LogP contribution in [0.4, 0.5) is 4.39 Å². The van der Waals surface area contributed by atoms with E-state index >= 15 is 0 Å². The highest BCUT2D eigenvalue weighted by Crippen LogP contribution is 2.27. The number of aryl methyl sites for hydroxylation is 2. The number of nitrogens with zero attached hydrogens (tertiary/aromatic N) is 2. The lowest BCUT2D eigenvalue weighted by molar-refractivity contribution is 0.393. The summed E-state index contributed by atoms with van der Waals surface area (Å²) < 4.78 is 19.7. The van der Waals surface area contributed by atoms with Crippen molar-refractivity contribution in [3.63, 3.8) is 0 Å². The first kappa shape index (κ1) is 15.5. The van der Waals surface area contributed by atoms with Gasteiger partial charge < -0.3 is 9.09 Å². The van der Waals surface area contributed by atoms with Gasteiger partial charge in [-0.15, -0.1) is 0 Å². The summed E-state index contributed by atoms with van der Waals surface area (Å²) in [6.07, 6.45) is 1.71. The van der Waals surface area contributed by atoms with Gasteiger partial charge in [-0.3, -0.25) is 4.79 Å². The molecular formula is C17H14ClFN2O2. The third-order valence-corrected chi connectivity index (χ3v) is 3.90. The minimum Gasteiger partial charge on any atom is -0.361 e. The Bertz CT molecular complexity index is 894. The molecule has 3 aromatic rings. The van der Waals surface area contributed by atoms with E-state index in [9.17, 15) is 9.18 Å². The zero-order valence-electron chi connectivity index (χ0n) is 12.6. The third kappa shape index (κ3) is 3.05. The van der Waals surface area contributed by atoms with E-state index in [1.54, 1.807) is 31.3 Å². The summed E-state index contributed by atoms with van der Waals surface area (Å²) in [5.41, 5.74) is 2.81. The predicted molar refractivity (Wildman–Crippen MR) is 86.2 cm³/mol. The number of rotatable bonds is 3. The summed E-state index contributed by atoms with van der Waals surface area (Å²) in [7, 11) is 0. The fourth-order valence-corrected chi connectivity index (χ4v) is 2.76. The van der Waals surface area contributed by atoms with E-state index < -0.39 is 0 Å². The fraction of sp³-hybridized carbons (Fsp3) is 0.176. The normalized spacial score (nSPS) is 11.0. The second kappa shape index (κ2) is 6.01. The van der Waals surface area contributed by atoms with Crippen LogP contribution in [0.5, 0.6) is 0 Å². The van der Waals surface area contributed by atoms with E-state index in [1.165, 1.54) is 16.7 Å². The van der Waals surface area contributed by atoms with E-state index in [0.717, 1.165) is 22.4 Å². The molecule has 0 saturated carbocycles. The molecule has 0 fully saturated rings. The molecule has 0 bridgehead atoms. The molecule has 2 heterocycles. The lowest BCUT2D eigenvalue weighted by Crippen LogP contribution is -2.20. The van der Waals surface area contributed by atoms with Crippen LogP contribution in [0, 0.1) is 19.7 Å². The van der Waals surface area contributed by atoms with Gasteiger partial charge in [-0.2, -0.15) is 0 Å². The van der Waals surface area contributed by atoms with Crippen molar-refractivity contribution in [1.29, 1.82) is 0 Å². The second-order valence-corrected chi connectivity index (χ2v) is 5.74. The van der Waals surface area contributed by atoms with Gasteiger partial charge in [0.15, 0.2) is 0 Å². The Kier molecular flexibility index (Phi) is 4.05. The number of aromatic nitrogens is 2. The Morgan fingerprint density at radius 1 is 1.26 bits per heavy atom. The minimum absolute atomic E-state index is 0.115. The quantitative estimate of drug-likeness (QED) is 0.729. The van der Waals surface area contributed by atoms with Gasteiger partial charge >= 0.3 is 0 Å². The van der Waals surface area contributed by atoms with Crippen LogP contribution in [0.1, 0.15) is 17.0 Å². The first-order chi connectivity index (χ1) is 11.0. The summed E-state index contributed by atoms with van der Waals surface area (Å²) in [5, 5.41) is 4.04. The Morgan fingerprint density at radius 3 is 2.57 bits per heavy atom. The molecule has 0 amide bonds. The summed E-state index contributed by atoms with van der Waals surface area (Å²) in [4.78, 5) is 12.2. The second-order valence-electron chi connectivity index (χ2n) is 5.34. The molecule has 1 aromatic carbocycles. The molecule has 0 unspecified atom stereocenters.